The summed E-state index contributed by atoms with van der Waals surface area (Å²) >= 11 is 0. The van der Waals surface area contributed by atoms with Crippen LogP contribution in [0, 0.1) is 0 Å². The Balaban J connectivity index is 2.55. The summed E-state index contributed by atoms with van der Waals surface area (Å²) in [5.74, 6) is -0.674. The Morgan fingerprint density at radius 3 is 2.35 bits per heavy atom. The lowest BCUT2D eigenvalue weighted by Gasteiger charge is -2.35. The standard InChI is InChI=1S/C17H20F2O3Si/c1-4-23(21-2,22-3)16(20)17(19)12-14(18)10-11-15(17)13-8-6-5-7-9-13/h5-11H,4,12H2,1-3H3. The Bertz CT molecular complexity index is 630. The lowest BCUT2D eigenvalue weighted by molar-refractivity contribution is -0.123. The van der Waals surface area contributed by atoms with E-state index < -0.39 is 31.9 Å². The zero-order chi connectivity index (χ0) is 17.1. The van der Waals surface area contributed by atoms with Gasteiger partial charge < -0.3 is 8.85 Å². The Hall–Kier alpha value is -1.63. The van der Waals surface area contributed by atoms with Crippen molar-refractivity contribution in [2.24, 2.45) is 0 Å². The molecule has 1 aromatic rings. The molecule has 124 valence electrons. The minimum atomic E-state index is -3.43. The second kappa shape index (κ2) is 6.86. The van der Waals surface area contributed by atoms with Gasteiger partial charge in [0.15, 0.2) is 0 Å². The molecule has 0 spiro atoms. The van der Waals surface area contributed by atoms with Gasteiger partial charge in [-0.3, -0.25) is 4.79 Å². The number of alkyl halides is 1. The fraction of sp³-hybridized carbons (Fsp3) is 0.353. The monoisotopic (exact) mass is 338 g/mol. The second-order valence-corrected chi connectivity index (χ2v) is 8.87. The van der Waals surface area contributed by atoms with Gasteiger partial charge in [0.2, 0.25) is 11.1 Å². The molecular weight excluding hydrogens is 318 g/mol. The van der Waals surface area contributed by atoms with Gasteiger partial charge in [0, 0.05) is 26.2 Å². The van der Waals surface area contributed by atoms with Crippen LogP contribution in [0.3, 0.4) is 0 Å². The first kappa shape index (κ1) is 17.7. The maximum absolute atomic E-state index is 15.8. The SMILES string of the molecule is CC[Si](OC)(OC)C(=O)C1(F)CC(F)=CC=C1c1ccccc1. The molecule has 6 heteroatoms. The van der Waals surface area contributed by atoms with Crippen molar-refractivity contribution in [1.29, 1.82) is 0 Å². The van der Waals surface area contributed by atoms with Crippen LogP contribution in [0.2, 0.25) is 6.04 Å². The van der Waals surface area contributed by atoms with E-state index in [0.717, 1.165) is 0 Å². The van der Waals surface area contributed by atoms with E-state index in [1.807, 2.05) is 0 Å². The Morgan fingerprint density at radius 1 is 1.22 bits per heavy atom. The smallest absolute Gasteiger partial charge is 0.393 e. The molecular formula is C17H20F2O3Si. The van der Waals surface area contributed by atoms with E-state index in [1.54, 1.807) is 37.3 Å². The number of hydrogen-bond donors (Lipinski definition) is 0. The third-order valence-electron chi connectivity index (χ3n) is 4.19. The lowest BCUT2D eigenvalue weighted by Crippen LogP contribution is -2.58. The molecule has 0 amide bonds. The molecule has 0 saturated heterocycles. The summed E-state index contributed by atoms with van der Waals surface area (Å²) in [6, 6.07) is 8.91. The van der Waals surface area contributed by atoms with Crippen molar-refractivity contribution in [2.45, 2.75) is 25.1 Å². The molecule has 0 aromatic heterocycles. The largest absolute Gasteiger partial charge is 0.414 e. The lowest BCUT2D eigenvalue weighted by atomic mass is 9.84. The highest BCUT2D eigenvalue weighted by molar-refractivity contribution is 6.98. The Labute approximate surface area is 135 Å². The molecule has 1 aromatic carbocycles. The van der Waals surface area contributed by atoms with Crippen LogP contribution in [-0.4, -0.2) is 33.9 Å². The molecule has 0 radical (unpaired) electrons. The minimum absolute atomic E-state index is 0.143. The van der Waals surface area contributed by atoms with Crippen LogP contribution in [-0.2, 0) is 13.6 Å². The van der Waals surface area contributed by atoms with Crippen molar-refractivity contribution in [3.8, 4) is 0 Å². The van der Waals surface area contributed by atoms with E-state index in [4.69, 9.17) is 8.85 Å². The zero-order valence-electron chi connectivity index (χ0n) is 13.4. The third kappa shape index (κ3) is 3.06. The average molecular weight is 338 g/mol. The van der Waals surface area contributed by atoms with E-state index in [1.165, 1.54) is 26.4 Å². The molecule has 1 aliphatic carbocycles. The van der Waals surface area contributed by atoms with Crippen LogP contribution >= 0.6 is 0 Å². The highest BCUT2D eigenvalue weighted by Crippen LogP contribution is 2.43. The first-order valence-electron chi connectivity index (χ1n) is 7.40. The quantitative estimate of drug-likeness (QED) is 0.738. The summed E-state index contributed by atoms with van der Waals surface area (Å²) in [6.45, 7) is 1.71. The zero-order valence-corrected chi connectivity index (χ0v) is 14.4. The van der Waals surface area contributed by atoms with Crippen LogP contribution in [0.4, 0.5) is 8.78 Å². The van der Waals surface area contributed by atoms with Gasteiger partial charge in [0.25, 0.3) is 0 Å². The molecule has 0 aliphatic heterocycles. The number of halogens is 2. The third-order valence-corrected chi connectivity index (χ3v) is 7.52. The molecule has 23 heavy (non-hydrogen) atoms. The number of rotatable bonds is 6. The molecule has 0 fully saturated rings. The molecule has 3 nitrogen and oxygen atoms in total. The van der Waals surface area contributed by atoms with Crippen LogP contribution in [0.25, 0.3) is 5.57 Å². The molecule has 0 N–H and O–H groups in total. The fourth-order valence-corrected chi connectivity index (χ4v) is 5.12. The number of carbonyl (C=O) groups excluding carboxylic acids is 1. The molecule has 2 rings (SSSR count). The normalized spacial score (nSPS) is 21.6. The van der Waals surface area contributed by atoms with E-state index >= 15 is 4.39 Å². The van der Waals surface area contributed by atoms with Crippen molar-refractivity contribution in [3.05, 3.63) is 53.9 Å². The van der Waals surface area contributed by atoms with E-state index in [9.17, 15) is 9.18 Å². The van der Waals surface area contributed by atoms with Crippen molar-refractivity contribution >= 4 is 19.5 Å². The molecule has 0 bridgehead atoms. The summed E-state index contributed by atoms with van der Waals surface area (Å²) in [7, 11) is -0.764. The number of allylic oxidation sites excluding steroid dienone is 4. The molecule has 1 aliphatic rings. The van der Waals surface area contributed by atoms with Crippen molar-refractivity contribution in [3.63, 3.8) is 0 Å². The van der Waals surface area contributed by atoms with Gasteiger partial charge in [0.05, 0.1) is 0 Å². The molecule has 1 atom stereocenters. The van der Waals surface area contributed by atoms with E-state index in [2.05, 4.69) is 0 Å². The predicted octanol–water partition coefficient (Wildman–Crippen LogP) is 3.90. The summed E-state index contributed by atoms with van der Waals surface area (Å²) in [5.41, 5.74) is -1.81. The summed E-state index contributed by atoms with van der Waals surface area (Å²) in [6.07, 6.45) is 1.89. The molecule has 0 saturated carbocycles. The summed E-state index contributed by atoms with van der Waals surface area (Å²) in [5, 5.41) is -0.796. The van der Waals surface area contributed by atoms with Gasteiger partial charge in [-0.05, 0) is 17.7 Å². The van der Waals surface area contributed by atoms with Crippen LogP contribution in [0.1, 0.15) is 18.9 Å². The predicted molar refractivity (Wildman–Crippen MR) is 87.3 cm³/mol. The maximum Gasteiger partial charge on any atom is 0.414 e. The van der Waals surface area contributed by atoms with Gasteiger partial charge in [-0.25, -0.2) is 8.78 Å². The van der Waals surface area contributed by atoms with Crippen LogP contribution in [0.5, 0.6) is 0 Å². The first-order valence-corrected chi connectivity index (χ1v) is 9.42. The summed E-state index contributed by atoms with van der Waals surface area (Å²) < 4.78 is 40.2. The number of benzene rings is 1. The van der Waals surface area contributed by atoms with Gasteiger partial charge >= 0.3 is 8.56 Å². The van der Waals surface area contributed by atoms with Crippen molar-refractivity contribution < 1.29 is 22.4 Å². The van der Waals surface area contributed by atoms with Gasteiger partial charge in [-0.15, -0.1) is 0 Å². The maximum atomic E-state index is 15.8. The minimum Gasteiger partial charge on any atom is -0.393 e. The summed E-state index contributed by atoms with van der Waals surface area (Å²) in [4.78, 5) is 13.0. The Kier molecular flexibility index (Phi) is 5.29. The van der Waals surface area contributed by atoms with Gasteiger partial charge in [-0.1, -0.05) is 43.3 Å². The molecule has 1 unspecified atom stereocenters. The fourth-order valence-electron chi connectivity index (χ4n) is 2.86. The topological polar surface area (TPSA) is 35.5 Å². The van der Waals surface area contributed by atoms with Gasteiger partial charge in [-0.2, -0.15) is 0 Å². The van der Waals surface area contributed by atoms with Crippen molar-refractivity contribution in [2.75, 3.05) is 14.2 Å². The highest BCUT2D eigenvalue weighted by Gasteiger charge is 2.57. The number of carbonyl (C=O) groups is 1. The highest BCUT2D eigenvalue weighted by atomic mass is 28.4. The molecule has 0 heterocycles. The van der Waals surface area contributed by atoms with E-state index in [0.29, 0.717) is 5.56 Å². The van der Waals surface area contributed by atoms with E-state index in [-0.39, 0.29) is 11.6 Å². The Morgan fingerprint density at radius 2 is 1.83 bits per heavy atom. The van der Waals surface area contributed by atoms with Crippen LogP contribution in [0.15, 0.2) is 48.3 Å². The first-order chi connectivity index (χ1) is 10.9. The second-order valence-electron chi connectivity index (χ2n) is 5.38. The van der Waals surface area contributed by atoms with Crippen molar-refractivity contribution in [1.82, 2.24) is 0 Å². The van der Waals surface area contributed by atoms with Crippen LogP contribution < -0.4 is 0 Å². The van der Waals surface area contributed by atoms with Gasteiger partial charge in [0.1, 0.15) is 5.83 Å². The average Bonchev–Trinajstić information content (AvgIpc) is 2.57. The number of hydrogen-bond acceptors (Lipinski definition) is 3.